The maximum atomic E-state index is 12.9. The van der Waals surface area contributed by atoms with E-state index in [-0.39, 0.29) is 17.1 Å². The Morgan fingerprint density at radius 2 is 2.11 bits per heavy atom. The van der Waals surface area contributed by atoms with Gasteiger partial charge in [-0.05, 0) is 17.7 Å². The van der Waals surface area contributed by atoms with Gasteiger partial charge in [-0.25, -0.2) is 4.39 Å². The number of halogens is 1. The van der Waals surface area contributed by atoms with Crippen molar-refractivity contribution >= 4 is 34.1 Å². The van der Waals surface area contributed by atoms with E-state index >= 15 is 0 Å². The predicted octanol–water partition coefficient (Wildman–Crippen LogP) is 2.46. The number of anilines is 1. The van der Waals surface area contributed by atoms with Crippen LogP contribution >= 0.6 is 23.1 Å². The minimum atomic E-state index is -0.282. The molecule has 3 rings (SSSR count). The van der Waals surface area contributed by atoms with Gasteiger partial charge in [-0.3, -0.25) is 9.69 Å². The number of benzene rings is 1. The highest BCUT2D eigenvalue weighted by Gasteiger charge is 2.35. The fraction of sp³-hybridized carbons (Fsp3) is 0.182. The monoisotopic (exact) mass is 281 g/mol. The van der Waals surface area contributed by atoms with Crippen molar-refractivity contribution in [2.45, 2.75) is 5.37 Å². The average molecular weight is 281 g/mol. The van der Waals surface area contributed by atoms with Gasteiger partial charge in [0.15, 0.2) is 0 Å². The zero-order valence-corrected chi connectivity index (χ0v) is 10.7. The summed E-state index contributed by atoms with van der Waals surface area (Å²) in [6, 6.07) is 6.19. The largest absolute Gasteiger partial charge is 0.273 e. The van der Waals surface area contributed by atoms with Crippen LogP contribution in [0.25, 0.3) is 0 Å². The number of thioether (sulfide) groups is 1. The fourth-order valence-corrected chi connectivity index (χ4v) is 3.60. The molecule has 1 fully saturated rings. The van der Waals surface area contributed by atoms with Crippen molar-refractivity contribution in [1.29, 1.82) is 0 Å². The SMILES string of the molecule is O=C1CS[C@@H](c2ccc(F)cc2)N1c1nncs1. The number of hydrogen-bond acceptors (Lipinski definition) is 5. The van der Waals surface area contributed by atoms with Gasteiger partial charge < -0.3 is 0 Å². The number of aromatic nitrogens is 2. The lowest BCUT2D eigenvalue weighted by Gasteiger charge is -2.20. The molecule has 0 radical (unpaired) electrons. The lowest BCUT2D eigenvalue weighted by Crippen LogP contribution is -2.27. The Bertz CT molecular complexity index is 558. The van der Waals surface area contributed by atoms with Crippen LogP contribution in [0.5, 0.6) is 0 Å². The summed E-state index contributed by atoms with van der Waals surface area (Å²) < 4.78 is 12.9. The first-order valence-corrected chi connectivity index (χ1v) is 7.14. The van der Waals surface area contributed by atoms with E-state index in [1.165, 1.54) is 35.2 Å². The molecule has 0 spiro atoms. The third-order valence-electron chi connectivity index (χ3n) is 2.58. The van der Waals surface area contributed by atoms with Gasteiger partial charge >= 0.3 is 0 Å². The van der Waals surface area contributed by atoms with Crippen LogP contribution in [-0.2, 0) is 4.79 Å². The Balaban J connectivity index is 1.96. The topological polar surface area (TPSA) is 46.1 Å². The van der Waals surface area contributed by atoms with Crippen LogP contribution in [0, 0.1) is 5.82 Å². The molecule has 18 heavy (non-hydrogen) atoms. The summed E-state index contributed by atoms with van der Waals surface area (Å²) >= 11 is 2.83. The number of nitrogens with zero attached hydrogens (tertiary/aromatic N) is 3. The third kappa shape index (κ3) is 1.99. The van der Waals surface area contributed by atoms with E-state index in [0.29, 0.717) is 10.9 Å². The van der Waals surface area contributed by atoms with Gasteiger partial charge in [-0.1, -0.05) is 23.5 Å². The molecule has 2 aromatic rings. The molecule has 0 saturated carbocycles. The number of hydrogen-bond donors (Lipinski definition) is 0. The van der Waals surface area contributed by atoms with Crippen LogP contribution in [-0.4, -0.2) is 21.9 Å². The van der Waals surface area contributed by atoms with Crippen LogP contribution in [0.1, 0.15) is 10.9 Å². The molecule has 1 aliphatic rings. The second-order valence-electron chi connectivity index (χ2n) is 3.70. The maximum Gasteiger partial charge on any atom is 0.240 e. The van der Waals surface area contributed by atoms with Crippen molar-refractivity contribution < 1.29 is 9.18 Å². The van der Waals surface area contributed by atoms with Gasteiger partial charge in [0.25, 0.3) is 0 Å². The summed E-state index contributed by atoms with van der Waals surface area (Å²) in [4.78, 5) is 13.5. The Morgan fingerprint density at radius 1 is 1.33 bits per heavy atom. The zero-order chi connectivity index (χ0) is 12.5. The predicted molar refractivity (Wildman–Crippen MR) is 69.0 cm³/mol. The molecule has 1 aromatic carbocycles. The van der Waals surface area contributed by atoms with Gasteiger partial charge in [0.1, 0.15) is 16.7 Å². The first-order chi connectivity index (χ1) is 8.75. The summed E-state index contributed by atoms with van der Waals surface area (Å²) in [5, 5.41) is 8.11. The fourth-order valence-electron chi connectivity index (χ4n) is 1.78. The lowest BCUT2D eigenvalue weighted by molar-refractivity contribution is -0.115. The minimum absolute atomic E-state index is 0.00562. The van der Waals surface area contributed by atoms with E-state index < -0.39 is 0 Å². The summed E-state index contributed by atoms with van der Waals surface area (Å²) in [6.07, 6.45) is 0. The molecule has 7 heteroatoms. The highest BCUT2D eigenvalue weighted by Crippen LogP contribution is 2.41. The quantitative estimate of drug-likeness (QED) is 0.848. The second-order valence-corrected chi connectivity index (χ2v) is 5.58. The van der Waals surface area contributed by atoms with Gasteiger partial charge in [-0.2, -0.15) is 0 Å². The summed E-state index contributed by atoms with van der Waals surface area (Å²) in [5.74, 6) is 0.128. The van der Waals surface area contributed by atoms with Crippen LogP contribution in [0.4, 0.5) is 9.52 Å². The molecule has 92 valence electrons. The van der Waals surface area contributed by atoms with E-state index in [1.54, 1.807) is 22.5 Å². The van der Waals surface area contributed by atoms with Crippen LogP contribution in [0.15, 0.2) is 29.8 Å². The molecule has 2 heterocycles. The van der Waals surface area contributed by atoms with Crippen molar-refractivity contribution in [3.8, 4) is 0 Å². The van der Waals surface area contributed by atoms with Crippen molar-refractivity contribution in [3.63, 3.8) is 0 Å². The van der Waals surface area contributed by atoms with Crippen molar-refractivity contribution in [3.05, 3.63) is 41.2 Å². The molecule has 1 atom stereocenters. The summed E-state index contributed by atoms with van der Waals surface area (Å²) in [7, 11) is 0. The summed E-state index contributed by atoms with van der Waals surface area (Å²) in [5.41, 5.74) is 2.48. The van der Waals surface area contributed by atoms with E-state index in [2.05, 4.69) is 10.2 Å². The van der Waals surface area contributed by atoms with E-state index in [4.69, 9.17) is 0 Å². The lowest BCUT2D eigenvalue weighted by atomic mass is 10.2. The minimum Gasteiger partial charge on any atom is -0.273 e. The van der Waals surface area contributed by atoms with Crippen molar-refractivity contribution in [2.75, 3.05) is 10.7 Å². The molecule has 0 unspecified atom stereocenters. The average Bonchev–Trinajstić information content (AvgIpc) is 2.99. The highest BCUT2D eigenvalue weighted by atomic mass is 32.2. The molecule has 1 amide bonds. The molecule has 1 aliphatic heterocycles. The number of carbonyl (C=O) groups excluding carboxylic acids is 1. The summed E-state index contributed by atoms with van der Waals surface area (Å²) in [6.45, 7) is 0. The van der Waals surface area contributed by atoms with E-state index in [0.717, 1.165) is 5.56 Å². The van der Waals surface area contributed by atoms with Gasteiger partial charge in [0.05, 0.1) is 5.75 Å². The Hall–Kier alpha value is -1.47. The van der Waals surface area contributed by atoms with Crippen LogP contribution < -0.4 is 4.90 Å². The first-order valence-electron chi connectivity index (χ1n) is 5.21. The smallest absolute Gasteiger partial charge is 0.240 e. The van der Waals surface area contributed by atoms with Crippen LogP contribution in [0.2, 0.25) is 0 Å². The maximum absolute atomic E-state index is 12.9. The third-order valence-corrected chi connectivity index (χ3v) is 4.48. The van der Waals surface area contributed by atoms with Gasteiger partial charge in [0, 0.05) is 0 Å². The molecule has 0 N–H and O–H groups in total. The number of rotatable bonds is 2. The van der Waals surface area contributed by atoms with E-state index in [1.807, 2.05) is 0 Å². The Morgan fingerprint density at radius 3 is 2.78 bits per heavy atom. The zero-order valence-electron chi connectivity index (χ0n) is 9.12. The molecule has 0 bridgehead atoms. The van der Waals surface area contributed by atoms with Gasteiger partial charge in [0.2, 0.25) is 11.0 Å². The normalized spacial score (nSPS) is 19.5. The van der Waals surface area contributed by atoms with Crippen molar-refractivity contribution in [1.82, 2.24) is 10.2 Å². The molecule has 1 saturated heterocycles. The molecule has 4 nitrogen and oxygen atoms in total. The van der Waals surface area contributed by atoms with Crippen molar-refractivity contribution in [2.24, 2.45) is 0 Å². The Labute approximate surface area is 111 Å². The van der Waals surface area contributed by atoms with E-state index in [9.17, 15) is 9.18 Å². The molecular formula is C11H8FN3OS2. The number of amides is 1. The van der Waals surface area contributed by atoms with Gasteiger partial charge in [-0.15, -0.1) is 22.0 Å². The standard InChI is InChI=1S/C11H8FN3OS2/c12-8-3-1-7(2-4-8)10-15(9(16)5-17-10)11-14-13-6-18-11/h1-4,6,10H,5H2/t10-/m0/s1. The molecule has 0 aliphatic carbocycles. The van der Waals surface area contributed by atoms with Crippen LogP contribution in [0.3, 0.4) is 0 Å². The first kappa shape index (κ1) is 11.6. The Kier molecular flexibility index (Phi) is 3.00. The highest BCUT2D eigenvalue weighted by molar-refractivity contribution is 8.00. The molecular weight excluding hydrogens is 273 g/mol. The molecule has 1 aromatic heterocycles. The second kappa shape index (κ2) is 4.66. The number of carbonyl (C=O) groups is 1.